The molecular weight excluding hydrogens is 306 g/mol. The normalized spacial score (nSPS) is 19.3. The Kier molecular flexibility index (Phi) is 4.94. The maximum absolute atomic E-state index is 12.2. The monoisotopic (exact) mass is 321 g/mol. The lowest BCUT2D eigenvalue weighted by molar-refractivity contribution is -0.118. The Morgan fingerprint density at radius 3 is 3.05 bits per heavy atom. The van der Waals surface area contributed by atoms with Gasteiger partial charge in [-0.05, 0) is 37.6 Å². The number of hydrogen-bond donors (Lipinski definition) is 2. The Labute approximate surface area is 121 Å². The molecule has 1 amide bonds. The summed E-state index contributed by atoms with van der Waals surface area (Å²) < 4.78 is 0.843. The first-order valence-corrected chi connectivity index (χ1v) is 7.24. The van der Waals surface area contributed by atoms with Gasteiger partial charge in [-0.25, -0.2) is 0 Å². The second-order valence-electron chi connectivity index (χ2n) is 4.65. The summed E-state index contributed by atoms with van der Waals surface area (Å²) in [7, 11) is 0. The van der Waals surface area contributed by atoms with Crippen LogP contribution in [0.1, 0.15) is 31.2 Å². The first kappa shape index (κ1) is 14.0. The molecule has 0 saturated carbocycles. The zero-order valence-electron chi connectivity index (χ0n) is 10.6. The van der Waals surface area contributed by atoms with Gasteiger partial charge in [-0.1, -0.05) is 28.8 Å². The fraction of sp³-hybridized carbons (Fsp3) is 0.429. The summed E-state index contributed by atoms with van der Waals surface area (Å²) in [5.41, 5.74) is 1.04. The van der Waals surface area contributed by atoms with E-state index in [0.29, 0.717) is 11.3 Å². The van der Waals surface area contributed by atoms with E-state index < -0.39 is 0 Å². The molecule has 0 aromatic heterocycles. The fourth-order valence-electron chi connectivity index (χ4n) is 2.19. The van der Waals surface area contributed by atoms with Crippen LogP contribution in [0.5, 0.6) is 0 Å². The summed E-state index contributed by atoms with van der Waals surface area (Å²) in [6.45, 7) is 0.877. The van der Waals surface area contributed by atoms with Crippen molar-refractivity contribution in [3.05, 3.63) is 28.2 Å². The van der Waals surface area contributed by atoms with Crippen molar-refractivity contribution in [1.82, 2.24) is 5.32 Å². The van der Waals surface area contributed by atoms with Gasteiger partial charge < -0.3 is 10.6 Å². The lowest BCUT2D eigenvalue weighted by atomic mass is 10.1. The third-order valence-corrected chi connectivity index (χ3v) is 3.73. The number of rotatable bonds is 2. The molecule has 0 aliphatic carbocycles. The zero-order chi connectivity index (χ0) is 13.7. The van der Waals surface area contributed by atoms with E-state index in [1.54, 1.807) is 18.2 Å². The predicted octanol–water partition coefficient (Wildman–Crippen LogP) is 2.79. The van der Waals surface area contributed by atoms with Crippen molar-refractivity contribution < 1.29 is 4.79 Å². The van der Waals surface area contributed by atoms with Crippen LogP contribution in [0, 0.1) is 11.3 Å². The smallest absolute Gasteiger partial charge is 0.241 e. The molecule has 1 unspecified atom stereocenters. The SMILES string of the molecule is N#Cc1ccc(Br)cc1NC(=O)C1CCCCCN1. The molecule has 100 valence electrons. The van der Waals surface area contributed by atoms with Crippen LogP contribution in [0.25, 0.3) is 0 Å². The van der Waals surface area contributed by atoms with Gasteiger partial charge in [0, 0.05) is 4.47 Å². The van der Waals surface area contributed by atoms with Gasteiger partial charge in [0.25, 0.3) is 0 Å². The molecule has 0 spiro atoms. The average Bonchev–Trinajstić information content (AvgIpc) is 2.68. The maximum Gasteiger partial charge on any atom is 0.241 e. The summed E-state index contributed by atoms with van der Waals surface area (Å²) >= 11 is 3.35. The quantitative estimate of drug-likeness (QED) is 0.880. The van der Waals surface area contributed by atoms with E-state index in [1.165, 1.54) is 0 Å². The van der Waals surface area contributed by atoms with E-state index in [1.807, 2.05) is 0 Å². The van der Waals surface area contributed by atoms with Gasteiger partial charge in [0.05, 0.1) is 17.3 Å². The van der Waals surface area contributed by atoms with E-state index in [9.17, 15) is 4.79 Å². The van der Waals surface area contributed by atoms with Gasteiger partial charge >= 0.3 is 0 Å². The van der Waals surface area contributed by atoms with Crippen LogP contribution < -0.4 is 10.6 Å². The summed E-state index contributed by atoms with van der Waals surface area (Å²) in [5.74, 6) is -0.0588. The molecule has 0 radical (unpaired) electrons. The van der Waals surface area contributed by atoms with Crippen LogP contribution in [0.3, 0.4) is 0 Å². The molecule has 0 bridgehead atoms. The van der Waals surface area contributed by atoms with Gasteiger partial charge in [-0.15, -0.1) is 0 Å². The second-order valence-corrected chi connectivity index (χ2v) is 5.56. The van der Waals surface area contributed by atoms with Crippen LogP contribution in [0.2, 0.25) is 0 Å². The van der Waals surface area contributed by atoms with E-state index >= 15 is 0 Å². The minimum Gasteiger partial charge on any atom is -0.324 e. The molecule has 1 aliphatic rings. The summed E-state index contributed by atoms with van der Waals surface area (Å²) in [6.07, 6.45) is 4.19. The molecule has 4 nitrogen and oxygen atoms in total. The Morgan fingerprint density at radius 2 is 2.26 bits per heavy atom. The number of nitrogens with one attached hydrogen (secondary N) is 2. The van der Waals surface area contributed by atoms with Crippen molar-refractivity contribution in [2.45, 2.75) is 31.7 Å². The minimum absolute atomic E-state index is 0.0588. The average molecular weight is 322 g/mol. The lowest BCUT2D eigenvalue weighted by Gasteiger charge is -2.16. The van der Waals surface area contributed by atoms with Crippen LogP contribution >= 0.6 is 15.9 Å². The van der Waals surface area contributed by atoms with Crippen molar-refractivity contribution in [2.75, 3.05) is 11.9 Å². The van der Waals surface area contributed by atoms with E-state index in [4.69, 9.17) is 5.26 Å². The van der Waals surface area contributed by atoms with Crippen LogP contribution in [-0.2, 0) is 4.79 Å². The Hall–Kier alpha value is -1.38. The highest BCUT2D eigenvalue weighted by Crippen LogP contribution is 2.21. The third kappa shape index (κ3) is 3.79. The molecule has 1 aromatic carbocycles. The third-order valence-electron chi connectivity index (χ3n) is 3.24. The number of carbonyl (C=O) groups is 1. The van der Waals surface area contributed by atoms with Crippen molar-refractivity contribution in [1.29, 1.82) is 5.26 Å². The largest absolute Gasteiger partial charge is 0.324 e. The molecule has 1 saturated heterocycles. The number of hydrogen-bond acceptors (Lipinski definition) is 3. The molecule has 1 aliphatic heterocycles. The molecule has 5 heteroatoms. The van der Waals surface area contributed by atoms with Crippen molar-refractivity contribution in [3.8, 4) is 6.07 Å². The molecule has 1 atom stereocenters. The highest BCUT2D eigenvalue weighted by Gasteiger charge is 2.20. The minimum atomic E-state index is -0.159. The van der Waals surface area contributed by atoms with Crippen molar-refractivity contribution in [2.24, 2.45) is 0 Å². The molecular formula is C14H16BrN3O. The number of benzene rings is 1. The standard InChI is InChI=1S/C14H16BrN3O/c15-11-6-5-10(9-16)13(8-11)18-14(19)12-4-2-1-3-7-17-12/h5-6,8,12,17H,1-4,7H2,(H,18,19). The van der Waals surface area contributed by atoms with Gasteiger partial charge in [-0.3, -0.25) is 4.79 Å². The highest BCUT2D eigenvalue weighted by atomic mass is 79.9. The van der Waals surface area contributed by atoms with Gasteiger partial charge in [0.15, 0.2) is 0 Å². The number of nitriles is 1. The lowest BCUT2D eigenvalue weighted by Crippen LogP contribution is -2.40. The molecule has 19 heavy (non-hydrogen) atoms. The van der Waals surface area contributed by atoms with Gasteiger partial charge in [-0.2, -0.15) is 5.26 Å². The van der Waals surface area contributed by atoms with Crippen LogP contribution in [0.4, 0.5) is 5.69 Å². The number of nitrogens with zero attached hydrogens (tertiary/aromatic N) is 1. The second kappa shape index (κ2) is 6.69. The first-order chi connectivity index (χ1) is 9.20. The van der Waals surface area contributed by atoms with E-state index in [2.05, 4.69) is 32.6 Å². The van der Waals surface area contributed by atoms with Crippen LogP contribution in [-0.4, -0.2) is 18.5 Å². The zero-order valence-corrected chi connectivity index (χ0v) is 12.2. The number of amides is 1. The molecule has 1 fully saturated rings. The maximum atomic E-state index is 12.2. The topological polar surface area (TPSA) is 64.9 Å². The number of halogens is 1. The van der Waals surface area contributed by atoms with E-state index in [0.717, 1.165) is 36.7 Å². The fourth-order valence-corrected chi connectivity index (χ4v) is 2.55. The number of anilines is 1. The Morgan fingerprint density at radius 1 is 1.42 bits per heavy atom. The highest BCUT2D eigenvalue weighted by molar-refractivity contribution is 9.10. The Balaban J connectivity index is 2.09. The number of carbonyl (C=O) groups excluding carboxylic acids is 1. The predicted molar refractivity (Wildman–Crippen MR) is 77.7 cm³/mol. The van der Waals surface area contributed by atoms with Crippen molar-refractivity contribution in [3.63, 3.8) is 0 Å². The molecule has 1 aromatic rings. The molecule has 1 heterocycles. The van der Waals surface area contributed by atoms with E-state index in [-0.39, 0.29) is 11.9 Å². The summed E-state index contributed by atoms with van der Waals surface area (Å²) in [5, 5.41) is 15.1. The first-order valence-electron chi connectivity index (χ1n) is 6.44. The summed E-state index contributed by atoms with van der Waals surface area (Å²) in [6, 6.07) is 7.17. The Bertz CT molecular complexity index is 502. The van der Waals surface area contributed by atoms with Crippen molar-refractivity contribution >= 4 is 27.5 Å². The van der Waals surface area contributed by atoms with Gasteiger partial charge in [0.1, 0.15) is 6.07 Å². The summed E-state index contributed by atoms with van der Waals surface area (Å²) in [4.78, 5) is 12.2. The molecule has 2 N–H and O–H groups in total. The molecule has 2 rings (SSSR count). The van der Waals surface area contributed by atoms with Crippen LogP contribution in [0.15, 0.2) is 22.7 Å². The van der Waals surface area contributed by atoms with Gasteiger partial charge in [0.2, 0.25) is 5.91 Å².